The third-order valence-electron chi connectivity index (χ3n) is 6.52. The largest absolute Gasteiger partial charge is 0.377 e. The topological polar surface area (TPSA) is 112 Å². The zero-order chi connectivity index (χ0) is 27.5. The first kappa shape index (κ1) is 27.8. The van der Waals surface area contributed by atoms with Crippen molar-refractivity contribution in [2.45, 2.75) is 22.6 Å². The van der Waals surface area contributed by atoms with Gasteiger partial charge in [-0.15, -0.1) is 0 Å². The van der Waals surface area contributed by atoms with Gasteiger partial charge in [0.05, 0.1) is 4.90 Å². The molecule has 38 heavy (non-hydrogen) atoms. The highest BCUT2D eigenvalue weighted by Crippen LogP contribution is 2.31. The van der Waals surface area contributed by atoms with Crippen LogP contribution in [0.1, 0.15) is 12.8 Å². The average Bonchev–Trinajstić information content (AvgIpc) is 2.88. The van der Waals surface area contributed by atoms with Crippen LogP contribution < -0.4 is 19.2 Å². The smallest absolute Gasteiger partial charge is 0.241 e. The highest BCUT2D eigenvalue weighted by atomic mass is 32.2. The van der Waals surface area contributed by atoms with E-state index in [-0.39, 0.29) is 11.4 Å². The molecule has 0 aliphatic rings. The van der Waals surface area contributed by atoms with Crippen molar-refractivity contribution in [1.29, 1.82) is 9.56 Å². The first-order chi connectivity index (χ1) is 18.0. The van der Waals surface area contributed by atoms with Crippen LogP contribution in [0.25, 0.3) is 21.5 Å². The van der Waals surface area contributed by atoms with E-state index in [1.807, 2.05) is 98.7 Å². The van der Waals surface area contributed by atoms with Crippen LogP contribution in [0.3, 0.4) is 0 Å². The van der Waals surface area contributed by atoms with Crippen LogP contribution in [0.15, 0.2) is 82.6 Å². The maximum absolute atomic E-state index is 13.1. The summed E-state index contributed by atoms with van der Waals surface area (Å²) in [7, 11) is 1.42. The summed E-state index contributed by atoms with van der Waals surface area (Å²) in [6, 6.07) is 22.7. The number of hydrogen-bond donors (Lipinski definition) is 4. The Labute approximate surface area is 226 Å². The molecule has 0 saturated heterocycles. The first-order valence-electron chi connectivity index (χ1n) is 12.5. The van der Waals surface area contributed by atoms with Gasteiger partial charge >= 0.3 is 0 Å². The Balaban J connectivity index is 1.38. The van der Waals surface area contributed by atoms with Gasteiger partial charge in [-0.2, -0.15) is 0 Å². The SMILES string of the molecule is CN(C)c1cccc2c(S(=N)(=N)NCCCCNS(=O)(=O)c3cccc4c(N(C)C)cccc34)cccc12. The number of unbranched alkanes of at least 4 members (excludes halogenated alkanes) is 1. The maximum atomic E-state index is 13.1. The number of anilines is 2. The fourth-order valence-corrected chi connectivity index (χ4v) is 7.34. The summed E-state index contributed by atoms with van der Waals surface area (Å²) in [6.45, 7) is 0.737. The molecule has 0 radical (unpaired) electrons. The van der Waals surface area contributed by atoms with E-state index >= 15 is 0 Å². The Morgan fingerprint density at radius 1 is 0.605 bits per heavy atom. The second-order valence-electron chi connectivity index (χ2n) is 9.66. The Morgan fingerprint density at radius 2 is 1.03 bits per heavy atom. The minimum Gasteiger partial charge on any atom is -0.377 e. The van der Waals surface area contributed by atoms with Gasteiger partial charge in [0, 0.05) is 88.9 Å². The first-order valence-corrected chi connectivity index (χ1v) is 15.6. The molecular formula is C28H36N6O2S2. The zero-order valence-electron chi connectivity index (χ0n) is 22.3. The van der Waals surface area contributed by atoms with Crippen molar-refractivity contribution in [1.82, 2.24) is 9.44 Å². The van der Waals surface area contributed by atoms with Crippen LogP contribution in [-0.2, 0) is 19.8 Å². The molecule has 8 nitrogen and oxygen atoms in total. The number of benzene rings is 4. The van der Waals surface area contributed by atoms with E-state index in [1.165, 1.54) is 0 Å². The fourth-order valence-electron chi connectivity index (χ4n) is 4.65. The number of fused-ring (bicyclic) bond motifs is 2. The Kier molecular flexibility index (Phi) is 8.27. The van der Waals surface area contributed by atoms with Crippen molar-refractivity contribution in [3.05, 3.63) is 72.8 Å². The van der Waals surface area contributed by atoms with E-state index in [2.05, 4.69) is 9.44 Å². The monoisotopic (exact) mass is 552 g/mol. The van der Waals surface area contributed by atoms with E-state index in [0.717, 1.165) is 27.5 Å². The Hall–Kier alpha value is -3.18. The molecule has 202 valence electrons. The van der Waals surface area contributed by atoms with Crippen molar-refractivity contribution in [2.75, 3.05) is 51.1 Å². The molecule has 4 rings (SSSR count). The molecule has 10 heteroatoms. The number of rotatable bonds is 11. The van der Waals surface area contributed by atoms with Gasteiger partial charge in [-0.1, -0.05) is 48.5 Å². The maximum Gasteiger partial charge on any atom is 0.241 e. The summed E-state index contributed by atoms with van der Waals surface area (Å²) in [5.41, 5.74) is 2.02. The molecule has 0 aliphatic heterocycles. The summed E-state index contributed by atoms with van der Waals surface area (Å²) in [6.07, 6.45) is 1.23. The number of sulfonamides is 1. The lowest BCUT2D eigenvalue weighted by Crippen LogP contribution is -2.27. The van der Waals surface area contributed by atoms with Gasteiger partial charge in [0.15, 0.2) is 0 Å². The standard InChI is InChI=1S/C28H36N6O2S2/c1-33(2)25-15-7-13-23-21(25)11-9-17-27(23)37(29,30)31-19-5-6-20-32-38(35,36)28-18-10-12-22-24(28)14-8-16-26(22)34(3)4/h7-18,32H,5-6,19-20H2,1-4H3,(H3,29,30,31). The molecule has 0 atom stereocenters. The van der Waals surface area contributed by atoms with Crippen LogP contribution in [-0.4, -0.2) is 49.7 Å². The van der Waals surface area contributed by atoms with Gasteiger partial charge in [0.2, 0.25) is 10.0 Å². The van der Waals surface area contributed by atoms with Gasteiger partial charge in [0.1, 0.15) is 0 Å². The summed E-state index contributed by atoms with van der Waals surface area (Å²) in [5, 5.41) is 3.51. The molecular weight excluding hydrogens is 516 g/mol. The molecule has 4 aromatic carbocycles. The highest BCUT2D eigenvalue weighted by Gasteiger charge is 2.18. The van der Waals surface area contributed by atoms with E-state index in [4.69, 9.17) is 9.56 Å². The lowest BCUT2D eigenvalue weighted by Gasteiger charge is -2.19. The lowest BCUT2D eigenvalue weighted by molar-refractivity contribution is 0.577. The van der Waals surface area contributed by atoms with Crippen LogP contribution in [0.2, 0.25) is 0 Å². The normalized spacial score (nSPS) is 12.2. The van der Waals surface area contributed by atoms with Crippen LogP contribution >= 0.6 is 0 Å². The second-order valence-corrected chi connectivity index (χ2v) is 13.3. The van der Waals surface area contributed by atoms with Gasteiger partial charge < -0.3 is 9.80 Å². The Bertz CT molecular complexity index is 1540. The predicted octanol–water partition coefficient (Wildman–Crippen LogP) is 5.43. The van der Waals surface area contributed by atoms with E-state index in [9.17, 15) is 8.42 Å². The zero-order valence-corrected chi connectivity index (χ0v) is 23.9. The molecule has 0 saturated carbocycles. The van der Waals surface area contributed by atoms with E-state index < -0.39 is 19.8 Å². The van der Waals surface area contributed by atoms with Gasteiger partial charge in [-0.3, -0.25) is 9.56 Å². The second kappa shape index (κ2) is 11.3. The molecule has 0 aliphatic carbocycles. The van der Waals surface area contributed by atoms with Crippen molar-refractivity contribution in [3.8, 4) is 0 Å². The lowest BCUT2D eigenvalue weighted by atomic mass is 10.1. The van der Waals surface area contributed by atoms with Crippen LogP contribution in [0.4, 0.5) is 11.4 Å². The third-order valence-corrected chi connectivity index (χ3v) is 9.69. The van der Waals surface area contributed by atoms with Gasteiger partial charge in [-0.25, -0.2) is 17.9 Å². The number of hydrogen-bond acceptors (Lipinski definition) is 6. The molecule has 0 aromatic heterocycles. The quantitative estimate of drug-likeness (QED) is 0.186. The molecule has 4 aromatic rings. The molecule has 0 amide bonds. The summed E-state index contributed by atoms with van der Waals surface area (Å²) in [5.74, 6) is 0. The van der Waals surface area contributed by atoms with Crippen molar-refractivity contribution in [3.63, 3.8) is 0 Å². The number of nitrogens with zero attached hydrogens (tertiary/aromatic N) is 2. The minimum atomic E-state index is -3.69. The van der Waals surface area contributed by atoms with Crippen LogP contribution in [0, 0.1) is 9.56 Å². The Morgan fingerprint density at radius 3 is 1.55 bits per heavy atom. The van der Waals surface area contributed by atoms with Crippen molar-refractivity contribution < 1.29 is 8.42 Å². The van der Waals surface area contributed by atoms with Gasteiger partial charge in [0.25, 0.3) is 0 Å². The molecule has 0 spiro atoms. The average molecular weight is 553 g/mol. The van der Waals surface area contributed by atoms with Crippen LogP contribution in [0.5, 0.6) is 0 Å². The molecule has 4 N–H and O–H groups in total. The van der Waals surface area contributed by atoms with E-state index in [0.29, 0.717) is 29.7 Å². The fraction of sp³-hybridized carbons (Fsp3) is 0.286. The van der Waals surface area contributed by atoms with Crippen molar-refractivity contribution in [2.24, 2.45) is 0 Å². The number of nitrogens with one attached hydrogen (secondary N) is 4. The summed E-state index contributed by atoms with van der Waals surface area (Å²) in [4.78, 5) is 4.95. The highest BCUT2D eigenvalue weighted by molar-refractivity contribution is 7.91. The van der Waals surface area contributed by atoms with E-state index in [1.54, 1.807) is 12.1 Å². The molecule has 0 bridgehead atoms. The molecule has 0 unspecified atom stereocenters. The minimum absolute atomic E-state index is 0.269. The van der Waals surface area contributed by atoms with Crippen molar-refractivity contribution >= 4 is 52.7 Å². The predicted molar refractivity (Wildman–Crippen MR) is 160 cm³/mol. The van der Waals surface area contributed by atoms with Gasteiger partial charge in [-0.05, 0) is 37.1 Å². The third kappa shape index (κ3) is 5.78. The summed E-state index contributed by atoms with van der Waals surface area (Å²) < 4.78 is 49.5. The summed E-state index contributed by atoms with van der Waals surface area (Å²) >= 11 is 0. The molecule has 0 fully saturated rings. The molecule has 0 heterocycles.